The fourth-order valence-corrected chi connectivity index (χ4v) is 3.40. The molecule has 0 bridgehead atoms. The van der Waals surface area contributed by atoms with E-state index in [4.69, 9.17) is 4.74 Å². The number of hydrogen-bond donors (Lipinski definition) is 1. The van der Waals surface area contributed by atoms with Crippen molar-refractivity contribution < 1.29 is 14.3 Å². The van der Waals surface area contributed by atoms with Crippen LogP contribution in [-0.4, -0.2) is 36.9 Å². The average molecular weight is 366 g/mol. The number of benzene rings is 2. The molecule has 0 radical (unpaired) electrons. The number of para-hydroxylation sites is 1. The lowest BCUT2D eigenvalue weighted by Gasteiger charge is -2.17. The van der Waals surface area contributed by atoms with E-state index in [-0.39, 0.29) is 24.2 Å². The third kappa shape index (κ3) is 4.67. The Bertz CT molecular complexity index is 801. The summed E-state index contributed by atoms with van der Waals surface area (Å²) in [5.41, 5.74) is 3.07. The van der Waals surface area contributed by atoms with Crippen LogP contribution in [0.15, 0.2) is 48.5 Å². The van der Waals surface area contributed by atoms with Crippen LogP contribution in [0.25, 0.3) is 0 Å². The first-order valence-corrected chi connectivity index (χ1v) is 9.40. The molecule has 2 aromatic carbocycles. The van der Waals surface area contributed by atoms with Crippen molar-refractivity contribution in [2.75, 3.05) is 25.5 Å². The first-order chi connectivity index (χ1) is 13.1. The van der Waals surface area contributed by atoms with Crippen LogP contribution in [-0.2, 0) is 22.4 Å². The second-order valence-corrected chi connectivity index (χ2v) is 6.84. The number of carbonyl (C=O) groups excluding carboxylic acids is 2. The molecule has 1 N–H and O–H groups in total. The van der Waals surface area contributed by atoms with Gasteiger partial charge in [0, 0.05) is 25.2 Å². The van der Waals surface area contributed by atoms with E-state index in [9.17, 15) is 9.59 Å². The van der Waals surface area contributed by atoms with Gasteiger partial charge in [0.05, 0.1) is 13.0 Å². The van der Waals surface area contributed by atoms with Gasteiger partial charge in [0.25, 0.3) is 0 Å². The highest BCUT2D eigenvalue weighted by Crippen LogP contribution is 2.23. The number of nitrogens with one attached hydrogen (secondary N) is 1. The quantitative estimate of drug-likeness (QED) is 0.818. The fraction of sp³-hybridized carbons (Fsp3) is 0.364. The minimum atomic E-state index is -0.305. The minimum Gasteiger partial charge on any atom is -0.496 e. The van der Waals surface area contributed by atoms with Crippen LogP contribution in [0.5, 0.6) is 5.75 Å². The van der Waals surface area contributed by atoms with E-state index in [0.717, 1.165) is 23.4 Å². The molecule has 1 saturated heterocycles. The van der Waals surface area contributed by atoms with E-state index in [1.165, 1.54) is 5.56 Å². The molecule has 0 aliphatic carbocycles. The van der Waals surface area contributed by atoms with Crippen molar-refractivity contribution in [3.8, 4) is 5.75 Å². The second-order valence-electron chi connectivity index (χ2n) is 6.84. The van der Waals surface area contributed by atoms with E-state index in [1.54, 1.807) is 12.0 Å². The number of likely N-dealkylation sites (tertiary alicyclic amines) is 1. The molecule has 2 amide bonds. The van der Waals surface area contributed by atoms with E-state index in [0.29, 0.717) is 19.5 Å². The summed E-state index contributed by atoms with van der Waals surface area (Å²) < 4.78 is 5.36. The molecule has 1 aliphatic rings. The van der Waals surface area contributed by atoms with Gasteiger partial charge in [0.15, 0.2) is 0 Å². The summed E-state index contributed by atoms with van der Waals surface area (Å²) in [6, 6.07) is 15.6. The van der Waals surface area contributed by atoms with Gasteiger partial charge in [-0.3, -0.25) is 9.59 Å². The highest BCUT2D eigenvalue weighted by atomic mass is 16.5. The summed E-state index contributed by atoms with van der Waals surface area (Å²) in [6.45, 7) is 3.15. The van der Waals surface area contributed by atoms with Crippen molar-refractivity contribution in [3.63, 3.8) is 0 Å². The number of nitrogens with zero attached hydrogens (tertiary/aromatic N) is 1. The van der Waals surface area contributed by atoms with E-state index < -0.39 is 0 Å². The molecule has 27 heavy (non-hydrogen) atoms. The summed E-state index contributed by atoms with van der Waals surface area (Å²) in [5.74, 6) is 0.466. The van der Waals surface area contributed by atoms with Gasteiger partial charge in [-0.15, -0.1) is 0 Å². The number of methoxy groups -OCH3 is 1. The van der Waals surface area contributed by atoms with Crippen molar-refractivity contribution in [2.24, 2.45) is 5.92 Å². The fourth-order valence-electron chi connectivity index (χ4n) is 3.40. The van der Waals surface area contributed by atoms with Gasteiger partial charge in [-0.2, -0.15) is 0 Å². The number of aryl methyl sites for hydroxylation is 1. The zero-order valence-electron chi connectivity index (χ0n) is 15.9. The maximum absolute atomic E-state index is 12.5. The van der Waals surface area contributed by atoms with E-state index in [2.05, 4.69) is 12.2 Å². The Kier molecular flexibility index (Phi) is 6.12. The van der Waals surface area contributed by atoms with Gasteiger partial charge >= 0.3 is 0 Å². The molecule has 5 heteroatoms. The smallest absolute Gasteiger partial charge is 0.229 e. The molecule has 0 saturated carbocycles. The Labute approximate surface area is 160 Å². The van der Waals surface area contributed by atoms with Crippen molar-refractivity contribution in [1.29, 1.82) is 0 Å². The Balaban J connectivity index is 1.55. The molecule has 3 rings (SSSR count). The van der Waals surface area contributed by atoms with Crippen molar-refractivity contribution >= 4 is 17.5 Å². The molecule has 1 fully saturated rings. The lowest BCUT2D eigenvalue weighted by atomic mass is 10.1. The number of carbonyl (C=O) groups is 2. The number of rotatable bonds is 7. The highest BCUT2D eigenvalue weighted by molar-refractivity contribution is 5.97. The van der Waals surface area contributed by atoms with Gasteiger partial charge in [0.2, 0.25) is 11.8 Å². The lowest BCUT2D eigenvalue weighted by Crippen LogP contribution is -2.30. The first kappa shape index (κ1) is 19.0. The molecule has 5 nitrogen and oxygen atoms in total. The van der Waals surface area contributed by atoms with Crippen LogP contribution >= 0.6 is 0 Å². The molecule has 2 aromatic rings. The normalized spacial score (nSPS) is 16.4. The monoisotopic (exact) mass is 366 g/mol. The molecular weight excluding hydrogens is 340 g/mol. The van der Waals surface area contributed by atoms with Crippen LogP contribution in [0.2, 0.25) is 0 Å². The molecule has 142 valence electrons. The minimum absolute atomic E-state index is 0.0337. The number of hydrogen-bond acceptors (Lipinski definition) is 3. The predicted octanol–water partition coefficient (Wildman–Crippen LogP) is 3.29. The van der Waals surface area contributed by atoms with Gasteiger partial charge in [-0.25, -0.2) is 0 Å². The van der Waals surface area contributed by atoms with Crippen molar-refractivity contribution in [1.82, 2.24) is 4.90 Å². The average Bonchev–Trinajstić information content (AvgIpc) is 3.08. The molecule has 1 unspecified atom stereocenters. The van der Waals surface area contributed by atoms with E-state index in [1.807, 2.05) is 48.5 Å². The second kappa shape index (κ2) is 8.71. The summed E-state index contributed by atoms with van der Waals surface area (Å²) in [7, 11) is 1.65. The summed E-state index contributed by atoms with van der Waals surface area (Å²) in [4.78, 5) is 26.6. The van der Waals surface area contributed by atoms with Crippen LogP contribution in [0.3, 0.4) is 0 Å². The first-order valence-electron chi connectivity index (χ1n) is 9.40. The molecule has 1 atom stereocenters. The van der Waals surface area contributed by atoms with Gasteiger partial charge in [-0.05, 0) is 42.2 Å². The van der Waals surface area contributed by atoms with Crippen molar-refractivity contribution in [2.45, 2.75) is 26.2 Å². The summed E-state index contributed by atoms with van der Waals surface area (Å²) in [5, 5.41) is 2.93. The van der Waals surface area contributed by atoms with Crippen molar-refractivity contribution in [3.05, 3.63) is 59.7 Å². The maximum atomic E-state index is 12.5. The Morgan fingerprint density at radius 3 is 2.63 bits per heavy atom. The van der Waals surface area contributed by atoms with Crippen LogP contribution in [0.4, 0.5) is 5.69 Å². The lowest BCUT2D eigenvalue weighted by molar-refractivity contribution is -0.128. The standard InChI is InChI=1S/C22H26N2O3/c1-3-16-8-10-19(11-9-16)23-22(26)18-14-21(25)24(15-18)13-12-17-6-4-5-7-20(17)27-2/h4-11,18H,3,12-15H2,1-2H3,(H,23,26). The number of ether oxygens (including phenoxy) is 1. The number of amides is 2. The molecule has 0 aromatic heterocycles. The Hall–Kier alpha value is -2.82. The van der Waals surface area contributed by atoms with Crippen LogP contribution < -0.4 is 10.1 Å². The Morgan fingerprint density at radius 2 is 1.93 bits per heavy atom. The van der Waals surface area contributed by atoms with Gasteiger partial charge in [0.1, 0.15) is 5.75 Å². The third-order valence-electron chi connectivity index (χ3n) is 5.06. The zero-order valence-corrected chi connectivity index (χ0v) is 15.9. The SMILES string of the molecule is CCc1ccc(NC(=O)C2CC(=O)N(CCc3ccccc3OC)C2)cc1. The van der Waals surface area contributed by atoms with E-state index >= 15 is 0 Å². The Morgan fingerprint density at radius 1 is 1.19 bits per heavy atom. The predicted molar refractivity (Wildman–Crippen MR) is 106 cm³/mol. The van der Waals surface area contributed by atoms with Crippen LogP contribution in [0, 0.1) is 5.92 Å². The highest BCUT2D eigenvalue weighted by Gasteiger charge is 2.34. The molecule has 0 spiro atoms. The molecular formula is C22H26N2O3. The zero-order chi connectivity index (χ0) is 19.2. The largest absolute Gasteiger partial charge is 0.496 e. The third-order valence-corrected chi connectivity index (χ3v) is 5.06. The molecule has 1 aliphatic heterocycles. The van der Waals surface area contributed by atoms with Gasteiger partial charge < -0.3 is 15.0 Å². The summed E-state index contributed by atoms with van der Waals surface area (Å²) >= 11 is 0. The topological polar surface area (TPSA) is 58.6 Å². The van der Waals surface area contributed by atoms with Gasteiger partial charge in [-0.1, -0.05) is 37.3 Å². The maximum Gasteiger partial charge on any atom is 0.229 e. The van der Waals surface area contributed by atoms with Crippen LogP contribution in [0.1, 0.15) is 24.5 Å². The number of anilines is 1. The molecule has 1 heterocycles. The summed E-state index contributed by atoms with van der Waals surface area (Å²) in [6.07, 6.45) is 1.94.